The summed E-state index contributed by atoms with van der Waals surface area (Å²) in [6.07, 6.45) is 0. The van der Waals surface area contributed by atoms with E-state index in [0.29, 0.717) is 10.4 Å². The molecule has 0 unspecified atom stereocenters. The van der Waals surface area contributed by atoms with E-state index < -0.39 is 11.7 Å². The maximum absolute atomic E-state index is 13.0. The van der Waals surface area contributed by atoms with Crippen molar-refractivity contribution in [3.63, 3.8) is 0 Å². The molecule has 19 heavy (non-hydrogen) atoms. The third-order valence-corrected chi connectivity index (χ3v) is 3.30. The second-order valence-electron chi connectivity index (χ2n) is 3.91. The molecule has 1 amide bonds. The third-order valence-electron chi connectivity index (χ3n) is 2.37. The number of carbonyl (C=O) groups is 2. The summed E-state index contributed by atoms with van der Waals surface area (Å²) in [5.41, 5.74) is 0.609. The van der Waals surface area contributed by atoms with Crippen LogP contribution < -0.4 is 5.32 Å². The highest BCUT2D eigenvalue weighted by Crippen LogP contribution is 2.21. The molecule has 0 aliphatic carbocycles. The van der Waals surface area contributed by atoms with Gasteiger partial charge in [0, 0.05) is 28.8 Å². The largest absolute Gasteiger partial charge is 0.508 e. The summed E-state index contributed by atoms with van der Waals surface area (Å²) in [5, 5.41) is 13.3. The summed E-state index contributed by atoms with van der Waals surface area (Å²) >= 11 is 1.12. The lowest BCUT2D eigenvalue weighted by Gasteiger charge is -2.04. The van der Waals surface area contributed by atoms with Crippen LogP contribution in [0.3, 0.4) is 0 Å². The van der Waals surface area contributed by atoms with E-state index >= 15 is 0 Å². The summed E-state index contributed by atoms with van der Waals surface area (Å²) in [5.74, 6) is -1.50. The Labute approximate surface area is 112 Å². The average Bonchev–Trinajstić information content (AvgIpc) is 2.76. The standard InChI is InChI=1S/C13H10FNO3S/c1-7(16)8-2-12(19-6-8)13(18)15-10-3-9(14)4-11(17)5-10/h2-6,17H,1H3,(H,15,18). The van der Waals surface area contributed by atoms with Gasteiger partial charge in [0.2, 0.25) is 0 Å². The van der Waals surface area contributed by atoms with Crippen LogP contribution in [0.2, 0.25) is 0 Å². The van der Waals surface area contributed by atoms with Crippen molar-refractivity contribution < 1.29 is 19.1 Å². The molecule has 0 saturated carbocycles. The maximum Gasteiger partial charge on any atom is 0.265 e. The zero-order valence-corrected chi connectivity index (χ0v) is 10.8. The lowest BCUT2D eigenvalue weighted by molar-refractivity contribution is 0.101. The molecule has 6 heteroatoms. The SMILES string of the molecule is CC(=O)c1csc(C(=O)Nc2cc(O)cc(F)c2)c1. The number of Topliss-reactive ketones (excluding diaryl/α,β-unsaturated/α-hetero) is 1. The number of nitrogens with one attached hydrogen (secondary N) is 1. The van der Waals surface area contributed by atoms with E-state index in [9.17, 15) is 19.1 Å². The van der Waals surface area contributed by atoms with E-state index in [4.69, 9.17) is 0 Å². The van der Waals surface area contributed by atoms with Crippen molar-refractivity contribution in [2.75, 3.05) is 5.32 Å². The Morgan fingerprint density at radius 2 is 2.00 bits per heavy atom. The molecule has 0 bridgehead atoms. The van der Waals surface area contributed by atoms with Gasteiger partial charge in [0.15, 0.2) is 5.78 Å². The number of amides is 1. The topological polar surface area (TPSA) is 66.4 Å². The Hall–Kier alpha value is -2.21. The van der Waals surface area contributed by atoms with Gasteiger partial charge in [-0.05, 0) is 19.1 Å². The number of benzene rings is 1. The van der Waals surface area contributed by atoms with Gasteiger partial charge in [0.1, 0.15) is 11.6 Å². The Morgan fingerprint density at radius 3 is 2.58 bits per heavy atom. The van der Waals surface area contributed by atoms with Gasteiger partial charge in [-0.1, -0.05) is 0 Å². The molecule has 0 atom stereocenters. The summed E-state index contributed by atoms with van der Waals surface area (Å²) < 4.78 is 13.0. The monoisotopic (exact) mass is 279 g/mol. The van der Waals surface area contributed by atoms with Gasteiger partial charge in [0.25, 0.3) is 5.91 Å². The number of anilines is 1. The van der Waals surface area contributed by atoms with Crippen molar-refractivity contribution in [2.45, 2.75) is 6.92 Å². The Kier molecular flexibility index (Phi) is 3.62. The zero-order valence-electron chi connectivity index (χ0n) is 9.94. The van der Waals surface area contributed by atoms with Gasteiger partial charge in [0.05, 0.1) is 4.88 Å². The number of halogens is 1. The predicted octanol–water partition coefficient (Wildman–Crippen LogP) is 3.05. The molecule has 1 aromatic carbocycles. The molecule has 0 radical (unpaired) electrons. The van der Waals surface area contributed by atoms with E-state index in [0.717, 1.165) is 23.5 Å². The number of hydrogen-bond donors (Lipinski definition) is 2. The van der Waals surface area contributed by atoms with E-state index in [1.54, 1.807) is 5.38 Å². The van der Waals surface area contributed by atoms with Crippen LogP contribution in [0.1, 0.15) is 27.0 Å². The minimum atomic E-state index is -0.647. The van der Waals surface area contributed by atoms with E-state index in [1.807, 2.05) is 0 Å². The van der Waals surface area contributed by atoms with E-state index in [2.05, 4.69) is 5.32 Å². The highest BCUT2D eigenvalue weighted by Gasteiger charge is 2.12. The number of rotatable bonds is 3. The Balaban J connectivity index is 2.18. The number of thiophene rings is 1. The molecule has 2 N–H and O–H groups in total. The first-order chi connectivity index (χ1) is 8.95. The normalized spacial score (nSPS) is 10.2. The molecule has 98 valence electrons. The second-order valence-corrected chi connectivity index (χ2v) is 4.82. The fraction of sp³-hybridized carbons (Fsp3) is 0.0769. The van der Waals surface area contributed by atoms with Crippen molar-refractivity contribution in [3.8, 4) is 5.75 Å². The minimum Gasteiger partial charge on any atom is -0.508 e. The highest BCUT2D eigenvalue weighted by molar-refractivity contribution is 7.12. The van der Waals surface area contributed by atoms with Crippen molar-refractivity contribution >= 4 is 28.7 Å². The summed E-state index contributed by atoms with van der Waals surface area (Å²) in [4.78, 5) is 23.3. The van der Waals surface area contributed by atoms with Crippen LogP contribution in [-0.4, -0.2) is 16.8 Å². The molecule has 2 rings (SSSR count). The van der Waals surface area contributed by atoms with Gasteiger partial charge >= 0.3 is 0 Å². The van der Waals surface area contributed by atoms with Crippen molar-refractivity contribution in [2.24, 2.45) is 0 Å². The van der Waals surface area contributed by atoms with Gasteiger partial charge in [-0.15, -0.1) is 11.3 Å². The van der Waals surface area contributed by atoms with Crippen LogP contribution in [0, 0.1) is 5.82 Å². The minimum absolute atomic E-state index is 0.126. The number of aromatic hydroxyl groups is 1. The molecule has 0 fully saturated rings. The fourth-order valence-corrected chi connectivity index (χ4v) is 2.32. The van der Waals surface area contributed by atoms with Crippen LogP contribution in [-0.2, 0) is 0 Å². The third kappa shape index (κ3) is 3.17. The van der Waals surface area contributed by atoms with Gasteiger partial charge in [-0.3, -0.25) is 9.59 Å². The molecular formula is C13H10FNO3S. The first kappa shape index (κ1) is 13.2. The van der Waals surface area contributed by atoms with Crippen LogP contribution in [0.4, 0.5) is 10.1 Å². The van der Waals surface area contributed by atoms with Crippen LogP contribution in [0.25, 0.3) is 0 Å². The maximum atomic E-state index is 13.0. The van der Waals surface area contributed by atoms with Gasteiger partial charge in [-0.2, -0.15) is 0 Å². The lowest BCUT2D eigenvalue weighted by atomic mass is 10.2. The van der Waals surface area contributed by atoms with Crippen LogP contribution in [0.5, 0.6) is 5.75 Å². The predicted molar refractivity (Wildman–Crippen MR) is 70.3 cm³/mol. The smallest absolute Gasteiger partial charge is 0.265 e. The number of ketones is 1. The number of hydrogen-bond acceptors (Lipinski definition) is 4. The van der Waals surface area contributed by atoms with E-state index in [1.165, 1.54) is 19.1 Å². The number of phenols is 1. The molecular weight excluding hydrogens is 269 g/mol. The van der Waals surface area contributed by atoms with E-state index in [-0.39, 0.29) is 17.2 Å². The Morgan fingerprint density at radius 1 is 1.26 bits per heavy atom. The van der Waals surface area contributed by atoms with Crippen LogP contribution in [0.15, 0.2) is 29.6 Å². The molecule has 0 saturated heterocycles. The molecule has 0 aliphatic rings. The zero-order chi connectivity index (χ0) is 14.0. The van der Waals surface area contributed by atoms with Gasteiger partial charge < -0.3 is 10.4 Å². The molecule has 1 heterocycles. The summed E-state index contributed by atoms with van der Waals surface area (Å²) in [6, 6.07) is 4.74. The molecule has 0 aliphatic heterocycles. The molecule has 0 spiro atoms. The van der Waals surface area contributed by atoms with Crippen molar-refractivity contribution in [3.05, 3.63) is 45.9 Å². The number of carbonyl (C=O) groups excluding carboxylic acids is 2. The lowest BCUT2D eigenvalue weighted by Crippen LogP contribution is -2.10. The average molecular weight is 279 g/mol. The Bertz CT molecular complexity index is 631. The van der Waals surface area contributed by atoms with Crippen molar-refractivity contribution in [1.82, 2.24) is 0 Å². The summed E-state index contributed by atoms with van der Waals surface area (Å²) in [6.45, 7) is 1.41. The van der Waals surface area contributed by atoms with Crippen molar-refractivity contribution in [1.29, 1.82) is 0 Å². The van der Waals surface area contributed by atoms with Gasteiger partial charge in [-0.25, -0.2) is 4.39 Å². The summed E-state index contributed by atoms with van der Waals surface area (Å²) in [7, 11) is 0. The number of phenolic OH excluding ortho intramolecular Hbond substituents is 1. The first-order valence-electron chi connectivity index (χ1n) is 5.36. The highest BCUT2D eigenvalue weighted by atomic mass is 32.1. The molecule has 4 nitrogen and oxygen atoms in total. The second kappa shape index (κ2) is 5.19. The quantitative estimate of drug-likeness (QED) is 0.849. The van der Waals surface area contributed by atoms with Crippen LogP contribution >= 0.6 is 11.3 Å². The molecule has 2 aromatic rings. The fourth-order valence-electron chi connectivity index (χ4n) is 1.48. The molecule has 1 aromatic heterocycles. The first-order valence-corrected chi connectivity index (χ1v) is 6.24.